The van der Waals surface area contributed by atoms with Crippen molar-refractivity contribution in [3.8, 4) is 0 Å². The number of nitrogens with zero attached hydrogens (tertiary/aromatic N) is 1. The third-order valence-electron chi connectivity index (χ3n) is 2.64. The molecule has 0 amide bonds. The highest BCUT2D eigenvalue weighted by Crippen LogP contribution is 2.21. The smallest absolute Gasteiger partial charge is 0.295 e. The lowest BCUT2D eigenvalue weighted by molar-refractivity contribution is 0.137. The van der Waals surface area contributed by atoms with Crippen LogP contribution in [0.2, 0.25) is 0 Å². The fraction of sp³-hybridized carbons (Fsp3) is 0.417. The minimum Gasteiger partial charge on any atom is -0.423 e. The molecule has 0 bridgehead atoms. The summed E-state index contributed by atoms with van der Waals surface area (Å²) in [6.45, 7) is 4.33. The maximum Gasteiger partial charge on any atom is 0.295 e. The van der Waals surface area contributed by atoms with Crippen LogP contribution in [-0.4, -0.2) is 22.7 Å². The number of fused-ring (bicyclic) bond motifs is 1. The third kappa shape index (κ3) is 2.68. The van der Waals surface area contributed by atoms with Crippen molar-refractivity contribution in [2.45, 2.75) is 20.0 Å². The Balaban J connectivity index is 2.09. The van der Waals surface area contributed by atoms with Crippen LogP contribution in [0.25, 0.3) is 11.1 Å². The molecule has 0 aliphatic heterocycles. The summed E-state index contributed by atoms with van der Waals surface area (Å²) in [5.74, 6) is 0.197. The summed E-state index contributed by atoms with van der Waals surface area (Å²) in [5, 5.41) is 12.6. The zero-order valence-electron chi connectivity index (χ0n) is 9.97. The highest BCUT2D eigenvalue weighted by atomic mass is 16.4. The second-order valence-electron chi connectivity index (χ2n) is 4.44. The number of hydrogen-bond acceptors (Lipinski definition) is 5. The summed E-state index contributed by atoms with van der Waals surface area (Å²) in [6.07, 6.45) is -0.421. The number of nitrogens with two attached hydrogens (primary N) is 1. The molecule has 1 unspecified atom stereocenters. The highest BCUT2D eigenvalue weighted by molar-refractivity contribution is 5.78. The van der Waals surface area contributed by atoms with Gasteiger partial charge in [0, 0.05) is 18.3 Å². The van der Waals surface area contributed by atoms with Crippen LogP contribution in [0.4, 0.5) is 11.7 Å². The van der Waals surface area contributed by atoms with E-state index >= 15 is 0 Å². The second kappa shape index (κ2) is 4.63. The first kappa shape index (κ1) is 11.7. The molecule has 5 heteroatoms. The molecule has 5 nitrogen and oxygen atoms in total. The number of benzene rings is 1. The molecule has 1 heterocycles. The molecule has 2 rings (SSSR count). The van der Waals surface area contributed by atoms with E-state index < -0.39 is 6.10 Å². The molecule has 0 fully saturated rings. The van der Waals surface area contributed by atoms with Crippen LogP contribution in [0.5, 0.6) is 0 Å². The molecule has 0 saturated carbocycles. The van der Waals surface area contributed by atoms with Gasteiger partial charge in [0.25, 0.3) is 6.01 Å². The van der Waals surface area contributed by atoms with Crippen molar-refractivity contribution in [2.75, 3.05) is 17.6 Å². The second-order valence-corrected chi connectivity index (χ2v) is 4.44. The Labute approximate surface area is 99.6 Å². The van der Waals surface area contributed by atoms with Crippen molar-refractivity contribution in [3.63, 3.8) is 0 Å². The molecule has 1 atom stereocenters. The van der Waals surface area contributed by atoms with Crippen LogP contribution in [0.15, 0.2) is 22.6 Å². The molecule has 0 radical (unpaired) electrons. The van der Waals surface area contributed by atoms with E-state index in [1.165, 1.54) is 0 Å². The summed E-state index contributed by atoms with van der Waals surface area (Å²) in [7, 11) is 0. The number of rotatable bonds is 4. The monoisotopic (exact) mass is 235 g/mol. The van der Waals surface area contributed by atoms with Crippen LogP contribution in [0.1, 0.15) is 13.8 Å². The summed E-state index contributed by atoms with van der Waals surface area (Å²) < 4.78 is 5.47. The van der Waals surface area contributed by atoms with Crippen LogP contribution < -0.4 is 11.1 Å². The zero-order chi connectivity index (χ0) is 12.4. The molecule has 92 valence electrons. The van der Waals surface area contributed by atoms with Gasteiger partial charge in [0.05, 0.1) is 6.10 Å². The molecule has 0 saturated heterocycles. The van der Waals surface area contributed by atoms with Crippen LogP contribution in [0, 0.1) is 5.92 Å². The van der Waals surface area contributed by atoms with Gasteiger partial charge in [0.2, 0.25) is 0 Å². The molecule has 1 aromatic heterocycles. The first-order valence-corrected chi connectivity index (χ1v) is 5.64. The van der Waals surface area contributed by atoms with E-state index in [4.69, 9.17) is 10.2 Å². The van der Waals surface area contributed by atoms with Gasteiger partial charge >= 0.3 is 0 Å². The van der Waals surface area contributed by atoms with E-state index in [1.807, 2.05) is 13.8 Å². The van der Waals surface area contributed by atoms with Crippen LogP contribution >= 0.6 is 0 Å². The lowest BCUT2D eigenvalue weighted by Crippen LogP contribution is -2.24. The number of nitrogens with one attached hydrogen (secondary N) is 1. The number of aliphatic hydroxyl groups is 1. The minimum atomic E-state index is -0.421. The Kier molecular flexibility index (Phi) is 3.19. The normalized spacial score (nSPS) is 13.2. The maximum atomic E-state index is 9.65. The molecule has 4 N–H and O–H groups in total. The van der Waals surface area contributed by atoms with E-state index in [0.717, 1.165) is 5.52 Å². The van der Waals surface area contributed by atoms with Crippen molar-refractivity contribution in [1.29, 1.82) is 0 Å². The quantitative estimate of drug-likeness (QED) is 0.704. The molecule has 2 aromatic rings. The number of aliphatic hydroxyl groups excluding tert-OH is 1. The fourth-order valence-electron chi connectivity index (χ4n) is 1.44. The molecule has 0 aliphatic rings. The third-order valence-corrected chi connectivity index (χ3v) is 2.64. The van der Waals surface area contributed by atoms with Gasteiger partial charge in [-0.05, 0) is 18.1 Å². The SMILES string of the molecule is CC(C)C(O)CNc1nc2ccc(N)cc2o1. The van der Waals surface area contributed by atoms with Crippen molar-refractivity contribution in [3.05, 3.63) is 18.2 Å². The lowest BCUT2D eigenvalue weighted by Gasteiger charge is -2.13. The molecule has 0 spiro atoms. The number of oxazole rings is 1. The number of aromatic nitrogens is 1. The Bertz CT molecular complexity index is 507. The summed E-state index contributed by atoms with van der Waals surface area (Å²) in [6, 6.07) is 5.72. The van der Waals surface area contributed by atoms with E-state index in [9.17, 15) is 5.11 Å². The van der Waals surface area contributed by atoms with E-state index in [1.54, 1.807) is 18.2 Å². The van der Waals surface area contributed by atoms with Gasteiger partial charge in [-0.3, -0.25) is 0 Å². The maximum absolute atomic E-state index is 9.65. The standard InChI is InChI=1S/C12H17N3O2/c1-7(2)10(16)6-14-12-15-9-4-3-8(13)5-11(9)17-12/h3-5,7,10,16H,6,13H2,1-2H3,(H,14,15). The largest absolute Gasteiger partial charge is 0.423 e. The fourth-order valence-corrected chi connectivity index (χ4v) is 1.44. The molecule has 17 heavy (non-hydrogen) atoms. The summed E-state index contributed by atoms with van der Waals surface area (Å²) in [5.41, 5.74) is 7.68. The average Bonchev–Trinajstić information content (AvgIpc) is 2.67. The number of nitrogen functional groups attached to an aromatic ring is 1. The molecular weight excluding hydrogens is 218 g/mol. The van der Waals surface area contributed by atoms with Gasteiger partial charge in [-0.15, -0.1) is 0 Å². The van der Waals surface area contributed by atoms with Crippen molar-refractivity contribution in [1.82, 2.24) is 4.98 Å². The van der Waals surface area contributed by atoms with Crippen molar-refractivity contribution in [2.24, 2.45) is 5.92 Å². The average molecular weight is 235 g/mol. The molecule has 1 aromatic carbocycles. The first-order valence-electron chi connectivity index (χ1n) is 5.64. The van der Waals surface area contributed by atoms with Gasteiger partial charge in [-0.25, -0.2) is 0 Å². The van der Waals surface area contributed by atoms with Gasteiger partial charge in [0.1, 0.15) is 5.52 Å². The zero-order valence-corrected chi connectivity index (χ0v) is 9.97. The van der Waals surface area contributed by atoms with Gasteiger partial charge in [0.15, 0.2) is 5.58 Å². The first-order chi connectivity index (χ1) is 8.06. The van der Waals surface area contributed by atoms with Gasteiger partial charge in [-0.1, -0.05) is 13.8 Å². The Morgan fingerprint density at radius 3 is 2.94 bits per heavy atom. The van der Waals surface area contributed by atoms with Gasteiger partial charge in [-0.2, -0.15) is 4.98 Å². The predicted molar refractivity (Wildman–Crippen MR) is 67.8 cm³/mol. The Morgan fingerprint density at radius 1 is 1.47 bits per heavy atom. The number of anilines is 2. The molecular formula is C12H17N3O2. The van der Waals surface area contributed by atoms with Crippen LogP contribution in [0.3, 0.4) is 0 Å². The van der Waals surface area contributed by atoms with Crippen LogP contribution in [-0.2, 0) is 0 Å². The predicted octanol–water partition coefficient (Wildman–Crippen LogP) is 1.84. The highest BCUT2D eigenvalue weighted by Gasteiger charge is 2.11. The van der Waals surface area contributed by atoms with E-state index in [2.05, 4.69) is 10.3 Å². The Morgan fingerprint density at radius 2 is 2.24 bits per heavy atom. The minimum absolute atomic E-state index is 0.197. The lowest BCUT2D eigenvalue weighted by atomic mass is 10.1. The van der Waals surface area contributed by atoms with Gasteiger partial charge < -0.3 is 20.6 Å². The van der Waals surface area contributed by atoms with Crippen molar-refractivity contribution < 1.29 is 9.52 Å². The summed E-state index contributed by atoms with van der Waals surface area (Å²) >= 11 is 0. The molecule has 0 aliphatic carbocycles. The topological polar surface area (TPSA) is 84.3 Å². The Hall–Kier alpha value is -1.75. The van der Waals surface area contributed by atoms with E-state index in [0.29, 0.717) is 23.8 Å². The summed E-state index contributed by atoms with van der Waals surface area (Å²) in [4.78, 5) is 4.24. The van der Waals surface area contributed by atoms with Crippen molar-refractivity contribution >= 4 is 22.8 Å². The van der Waals surface area contributed by atoms with E-state index in [-0.39, 0.29) is 5.92 Å². The number of hydrogen-bond donors (Lipinski definition) is 3.